The Morgan fingerprint density at radius 1 is 0.808 bits per heavy atom. The number of aliphatic hydroxyl groups excluding tert-OH is 1. The van der Waals surface area contributed by atoms with Crippen molar-refractivity contribution in [3.8, 4) is 11.5 Å². The fourth-order valence-electron chi connectivity index (χ4n) is 6.09. The van der Waals surface area contributed by atoms with E-state index in [9.17, 15) is 24.3 Å². The number of hydrogen-bond acceptors (Lipinski definition) is 10. The van der Waals surface area contributed by atoms with Gasteiger partial charge >= 0.3 is 0 Å². The first-order valence-electron chi connectivity index (χ1n) is 16.7. The lowest BCUT2D eigenvalue weighted by molar-refractivity contribution is 0.0801. The Morgan fingerprint density at radius 3 is 2.27 bits per heavy atom. The van der Waals surface area contributed by atoms with E-state index in [4.69, 9.17) is 9.47 Å². The van der Waals surface area contributed by atoms with Crippen molar-refractivity contribution in [2.45, 2.75) is 18.9 Å². The molecule has 16 nitrogen and oxygen atoms in total. The zero-order valence-electron chi connectivity index (χ0n) is 28.5. The van der Waals surface area contributed by atoms with Crippen molar-refractivity contribution in [3.05, 3.63) is 89.9 Å². The smallest absolute Gasteiger partial charge is 0.287 e. The van der Waals surface area contributed by atoms with Crippen molar-refractivity contribution >= 4 is 51.6 Å². The maximum Gasteiger partial charge on any atom is 0.287 e. The van der Waals surface area contributed by atoms with Gasteiger partial charge in [0.25, 0.3) is 23.6 Å². The predicted molar refractivity (Wildman–Crippen MR) is 191 cm³/mol. The summed E-state index contributed by atoms with van der Waals surface area (Å²) in [5.74, 6) is -0.0537. The number of nitrogens with one attached hydrogen (secondary N) is 4. The molecule has 5 N–H and O–H groups in total. The average Bonchev–Trinajstić information content (AvgIpc) is 3.85. The van der Waals surface area contributed by atoms with E-state index in [2.05, 4.69) is 36.1 Å². The van der Waals surface area contributed by atoms with Gasteiger partial charge in [0, 0.05) is 75.5 Å². The van der Waals surface area contributed by atoms with Crippen LogP contribution < -0.4 is 30.7 Å². The maximum absolute atomic E-state index is 13.1. The fraction of sp³-hybridized carbons (Fsp3) is 0.278. The van der Waals surface area contributed by atoms with Crippen LogP contribution in [0.2, 0.25) is 0 Å². The van der Waals surface area contributed by atoms with E-state index >= 15 is 0 Å². The van der Waals surface area contributed by atoms with Crippen LogP contribution in [0.1, 0.15) is 54.8 Å². The molecule has 3 aromatic heterocycles. The Balaban J connectivity index is 0.912. The van der Waals surface area contributed by atoms with Crippen LogP contribution >= 0.6 is 0 Å². The van der Waals surface area contributed by atoms with Crippen molar-refractivity contribution in [2.75, 3.05) is 48.9 Å². The molecule has 52 heavy (non-hydrogen) atoms. The highest BCUT2D eigenvalue weighted by atomic mass is 16.7. The van der Waals surface area contributed by atoms with Gasteiger partial charge in [0.2, 0.25) is 12.6 Å². The van der Waals surface area contributed by atoms with Gasteiger partial charge in [-0.25, -0.2) is 4.98 Å². The number of aliphatic hydroxyl groups is 1. The number of anilines is 3. The van der Waals surface area contributed by atoms with E-state index in [1.54, 1.807) is 79.7 Å². The van der Waals surface area contributed by atoms with Gasteiger partial charge in [-0.3, -0.25) is 24.2 Å². The van der Waals surface area contributed by atoms with Crippen molar-refractivity contribution in [2.24, 2.45) is 14.1 Å². The van der Waals surface area contributed by atoms with Gasteiger partial charge in [0.05, 0.1) is 11.8 Å². The van der Waals surface area contributed by atoms with Gasteiger partial charge in [-0.15, -0.1) is 0 Å². The molecule has 2 aromatic carbocycles. The number of ether oxygens (including phenoxy) is 2. The van der Waals surface area contributed by atoms with Crippen molar-refractivity contribution in [1.29, 1.82) is 0 Å². The van der Waals surface area contributed by atoms with Crippen molar-refractivity contribution < 1.29 is 33.8 Å². The topological polar surface area (TPSA) is 194 Å². The first-order valence-corrected chi connectivity index (χ1v) is 16.7. The van der Waals surface area contributed by atoms with Crippen LogP contribution in [-0.4, -0.2) is 91.8 Å². The number of carbonyl (C=O) groups is 4. The molecule has 16 heteroatoms. The number of aryl methyl sites for hydroxylation is 2. The molecule has 0 aliphatic carbocycles. The van der Waals surface area contributed by atoms with Gasteiger partial charge in [0.1, 0.15) is 11.4 Å². The Kier molecular flexibility index (Phi) is 9.56. The number of aromatic nitrogens is 4. The van der Waals surface area contributed by atoms with E-state index in [0.717, 1.165) is 36.7 Å². The Hall–Kier alpha value is -6.26. The van der Waals surface area contributed by atoms with E-state index < -0.39 is 17.7 Å². The average molecular weight is 708 g/mol. The van der Waals surface area contributed by atoms with E-state index in [-0.39, 0.29) is 41.8 Å². The summed E-state index contributed by atoms with van der Waals surface area (Å²) in [6.07, 6.45) is 5.97. The van der Waals surface area contributed by atoms with Gasteiger partial charge in [0.15, 0.2) is 17.3 Å². The largest absolute Gasteiger partial charge is 0.454 e. The summed E-state index contributed by atoms with van der Waals surface area (Å²) in [4.78, 5) is 62.6. The third-order valence-electron chi connectivity index (χ3n) is 8.94. The Bertz CT molecular complexity index is 2170. The maximum atomic E-state index is 13.1. The second-order valence-corrected chi connectivity index (χ2v) is 12.7. The highest BCUT2D eigenvalue weighted by Crippen LogP contribution is 2.36. The molecule has 5 aromatic rings. The standard InChI is InChI=1S/C36H37N9O7/c1-43-18-25(40-34(48)27-13-22-14-29-30(52-20-51-29)15-23(22)17-38-27)16-28(43)35(49)39-24-5-3-21(4-6-24)33(47)42-31-19-44(2)32(41-31)36(50)37-9-12-45-10-7-26(46)8-11-45/h3-6,13-19,26,46H,7-12,20H2,1-2H3,(H,37,50)(H,39,49)(H,40,48)(H,42,47). The van der Waals surface area contributed by atoms with E-state index in [1.807, 2.05) is 6.07 Å². The molecule has 2 aliphatic heterocycles. The summed E-state index contributed by atoms with van der Waals surface area (Å²) in [6, 6.07) is 13.1. The Morgan fingerprint density at radius 2 is 1.52 bits per heavy atom. The van der Waals surface area contributed by atoms with Gasteiger partial charge in [-0.05, 0) is 66.8 Å². The SMILES string of the molecule is Cn1cc(NC(=O)c2cc3cc4c(cc3cn2)OCO4)cc1C(=O)Nc1ccc(C(=O)Nc2cn(C)c(C(=O)NCCN3CCC(O)CC3)n2)cc1. The molecular weight excluding hydrogens is 670 g/mol. The van der Waals surface area contributed by atoms with Gasteiger partial charge in [-0.2, -0.15) is 0 Å². The molecule has 0 saturated carbocycles. The molecule has 268 valence electrons. The van der Waals surface area contributed by atoms with Crippen LogP contribution in [0.3, 0.4) is 0 Å². The van der Waals surface area contributed by atoms with Crippen molar-refractivity contribution in [3.63, 3.8) is 0 Å². The minimum Gasteiger partial charge on any atom is -0.454 e. The number of hydrogen-bond donors (Lipinski definition) is 5. The van der Waals surface area contributed by atoms with Crippen LogP contribution in [0.25, 0.3) is 10.8 Å². The van der Waals surface area contributed by atoms with E-state index in [0.29, 0.717) is 41.5 Å². The zero-order valence-corrected chi connectivity index (χ0v) is 28.5. The molecule has 2 aliphatic rings. The minimum absolute atomic E-state index is 0.143. The molecule has 0 bridgehead atoms. The first-order chi connectivity index (χ1) is 25.1. The Labute approximate surface area is 297 Å². The second-order valence-electron chi connectivity index (χ2n) is 12.7. The summed E-state index contributed by atoms with van der Waals surface area (Å²) in [6.45, 7) is 2.84. The molecule has 0 unspecified atom stereocenters. The molecular formula is C36H37N9O7. The minimum atomic E-state index is -0.442. The third kappa shape index (κ3) is 7.57. The number of carbonyl (C=O) groups excluding carboxylic acids is 4. The number of benzene rings is 2. The number of piperidine rings is 1. The lowest BCUT2D eigenvalue weighted by atomic mass is 10.1. The molecule has 1 fully saturated rings. The second kappa shape index (κ2) is 14.5. The number of pyridine rings is 1. The fourth-order valence-corrected chi connectivity index (χ4v) is 6.09. The molecule has 7 rings (SSSR count). The highest BCUT2D eigenvalue weighted by molar-refractivity contribution is 6.08. The molecule has 1 saturated heterocycles. The summed E-state index contributed by atoms with van der Waals surface area (Å²) in [5.41, 5.74) is 1.66. The van der Waals surface area contributed by atoms with Crippen LogP contribution in [0.5, 0.6) is 11.5 Å². The summed E-state index contributed by atoms with van der Waals surface area (Å²) >= 11 is 0. The first kappa shape index (κ1) is 34.2. The van der Waals surface area contributed by atoms with Crippen molar-refractivity contribution in [1.82, 2.24) is 29.3 Å². The quantitative estimate of drug-likeness (QED) is 0.144. The van der Waals surface area contributed by atoms with Gasteiger partial charge < -0.3 is 49.9 Å². The lowest BCUT2D eigenvalue weighted by Gasteiger charge is -2.29. The number of imidazole rings is 1. The number of amides is 4. The number of fused-ring (bicyclic) bond motifs is 2. The lowest BCUT2D eigenvalue weighted by Crippen LogP contribution is -2.41. The molecule has 5 heterocycles. The van der Waals surface area contributed by atoms with Crippen LogP contribution in [-0.2, 0) is 14.1 Å². The molecule has 4 amide bonds. The molecule has 0 atom stereocenters. The summed E-state index contributed by atoms with van der Waals surface area (Å²) < 4.78 is 14.0. The monoisotopic (exact) mass is 707 g/mol. The summed E-state index contributed by atoms with van der Waals surface area (Å²) in [5, 5.41) is 22.4. The van der Waals surface area contributed by atoms with Crippen LogP contribution in [0, 0.1) is 0 Å². The van der Waals surface area contributed by atoms with Crippen LogP contribution in [0.15, 0.2) is 67.1 Å². The number of rotatable bonds is 10. The van der Waals surface area contributed by atoms with Crippen LogP contribution in [0.4, 0.5) is 17.2 Å². The van der Waals surface area contributed by atoms with E-state index in [1.165, 1.54) is 4.57 Å². The number of nitrogens with zero attached hydrogens (tertiary/aromatic N) is 5. The predicted octanol–water partition coefficient (Wildman–Crippen LogP) is 2.98. The normalized spacial score (nSPS) is 14.3. The molecule has 0 radical (unpaired) electrons. The van der Waals surface area contributed by atoms with Gasteiger partial charge in [-0.1, -0.05) is 0 Å². The third-order valence-corrected chi connectivity index (χ3v) is 8.94. The highest BCUT2D eigenvalue weighted by Gasteiger charge is 2.20. The number of likely N-dealkylation sites (tertiary alicyclic amines) is 1. The zero-order chi connectivity index (χ0) is 36.4. The molecule has 0 spiro atoms. The summed E-state index contributed by atoms with van der Waals surface area (Å²) in [7, 11) is 3.35.